The monoisotopic (exact) mass is 467 g/mol. The lowest BCUT2D eigenvalue weighted by Gasteiger charge is -2.13. The summed E-state index contributed by atoms with van der Waals surface area (Å²) in [6.45, 7) is 3.31. The Balaban J connectivity index is -0.000000960. The molecule has 0 aliphatic heterocycles. The molecule has 170 valence electrons. The molecule has 0 aromatic rings. The van der Waals surface area contributed by atoms with Crippen LogP contribution in [0.1, 0.15) is 38.5 Å². The highest BCUT2D eigenvalue weighted by Crippen LogP contribution is 1.96. The van der Waals surface area contributed by atoms with Gasteiger partial charge in [0.15, 0.2) is 5.96 Å². The number of aliphatic hydroxyl groups is 1. The number of halogens is 3. The van der Waals surface area contributed by atoms with Crippen molar-refractivity contribution < 1.29 is 14.7 Å². The molecular weight excluding hydrogens is 433 g/mol. The molecule has 0 saturated carbocycles. The van der Waals surface area contributed by atoms with Gasteiger partial charge < -0.3 is 38.3 Å². The van der Waals surface area contributed by atoms with E-state index in [0.717, 1.165) is 32.4 Å². The van der Waals surface area contributed by atoms with Crippen molar-refractivity contribution in [2.45, 2.75) is 44.8 Å². The number of aliphatic hydroxyl groups excluding tert-OH is 1. The molecule has 10 N–H and O–H groups in total. The summed E-state index contributed by atoms with van der Waals surface area (Å²) in [6, 6.07) is 0. The number of nitrogens with one attached hydrogen (secondary N) is 3. The number of nitrogens with two attached hydrogens (primary N) is 3. The van der Waals surface area contributed by atoms with E-state index in [-0.39, 0.29) is 49.6 Å². The normalized spacial score (nSPS) is 10.4. The largest absolute Gasteiger partial charge is 0.370 e. The molecule has 0 fully saturated rings. The number of aliphatic imine (C=N–C) groups is 1. The van der Waals surface area contributed by atoms with E-state index in [0.29, 0.717) is 32.5 Å². The van der Waals surface area contributed by atoms with Gasteiger partial charge in [0.2, 0.25) is 12.1 Å². The molecule has 0 aromatic carbocycles. The van der Waals surface area contributed by atoms with Gasteiger partial charge >= 0.3 is 0 Å². The summed E-state index contributed by atoms with van der Waals surface area (Å²) in [5.41, 5.74) is 15.7. The number of unbranched alkanes of at least 4 members (excludes halogenated alkanes) is 2. The van der Waals surface area contributed by atoms with Gasteiger partial charge in [0.25, 0.3) is 5.91 Å². The lowest BCUT2D eigenvalue weighted by atomic mass is 10.2. The summed E-state index contributed by atoms with van der Waals surface area (Å²) in [5, 5.41) is 17.7. The summed E-state index contributed by atoms with van der Waals surface area (Å²) < 4.78 is 0. The van der Waals surface area contributed by atoms with Crippen molar-refractivity contribution in [2.75, 3.05) is 32.7 Å². The Morgan fingerprint density at radius 3 is 2.14 bits per heavy atom. The molecule has 0 aromatic heterocycles. The molecule has 0 radical (unpaired) electrons. The Labute approximate surface area is 185 Å². The van der Waals surface area contributed by atoms with E-state index in [9.17, 15) is 14.7 Å². The molecule has 2 amide bonds. The Morgan fingerprint density at radius 2 is 1.54 bits per heavy atom. The zero-order valence-corrected chi connectivity index (χ0v) is 18.5. The minimum Gasteiger partial charge on any atom is -0.370 e. The fraction of sp³-hybridized carbons (Fsp3) is 0.800. The molecule has 1 atom stereocenters. The number of hydrogen-bond donors (Lipinski definition) is 7. The van der Waals surface area contributed by atoms with Gasteiger partial charge in [-0.2, -0.15) is 0 Å². The van der Waals surface area contributed by atoms with E-state index in [1.165, 1.54) is 0 Å². The molecule has 0 rings (SSSR count). The third-order valence-corrected chi connectivity index (χ3v) is 3.29. The first-order valence-corrected chi connectivity index (χ1v) is 8.68. The van der Waals surface area contributed by atoms with Gasteiger partial charge in [0.05, 0.1) is 0 Å². The van der Waals surface area contributed by atoms with Crippen LogP contribution in [-0.4, -0.2) is 61.8 Å². The first-order chi connectivity index (χ1) is 12.0. The average molecular weight is 469 g/mol. The number of rotatable bonds is 15. The van der Waals surface area contributed by atoms with E-state index in [4.69, 9.17) is 17.2 Å². The highest BCUT2D eigenvalue weighted by atomic mass is 35.5. The Morgan fingerprint density at radius 1 is 0.929 bits per heavy atom. The average Bonchev–Trinajstić information content (AvgIpc) is 2.56. The van der Waals surface area contributed by atoms with Crippen molar-refractivity contribution in [1.82, 2.24) is 16.0 Å². The van der Waals surface area contributed by atoms with Crippen molar-refractivity contribution in [3.8, 4) is 0 Å². The standard InChI is InChI=1S/C15H33N7O3.3ClH/c16-7-5-9-19-8-3-4-10-20-13(24)14(25)22-12(23)6-1-2-11-21-15(17)18;;;/h14,19,25H,1-11,16H2,(H,20,24)(H,22,23)(H4,17,18,21);3*1H. The van der Waals surface area contributed by atoms with Gasteiger partial charge in [-0.15, -0.1) is 37.2 Å². The van der Waals surface area contributed by atoms with Crippen molar-refractivity contribution in [1.29, 1.82) is 0 Å². The molecule has 13 heteroatoms. The van der Waals surface area contributed by atoms with Gasteiger partial charge in [-0.25, -0.2) is 0 Å². The second kappa shape index (κ2) is 24.0. The number of carbonyl (C=O) groups is 2. The van der Waals surface area contributed by atoms with E-state index < -0.39 is 18.0 Å². The maximum absolute atomic E-state index is 11.7. The Bertz CT molecular complexity index is 414. The summed E-state index contributed by atoms with van der Waals surface area (Å²) in [5.74, 6) is -0.982. The van der Waals surface area contributed by atoms with Crippen LogP contribution < -0.4 is 33.2 Å². The van der Waals surface area contributed by atoms with E-state index in [1.54, 1.807) is 0 Å². The van der Waals surface area contributed by atoms with Crippen molar-refractivity contribution in [2.24, 2.45) is 22.2 Å². The molecule has 0 bridgehead atoms. The molecule has 0 heterocycles. The summed E-state index contributed by atoms with van der Waals surface area (Å²) in [4.78, 5) is 27.1. The minimum atomic E-state index is -1.53. The number of hydrogen-bond acceptors (Lipinski definition) is 6. The van der Waals surface area contributed by atoms with Crippen LogP contribution in [0, 0.1) is 0 Å². The van der Waals surface area contributed by atoms with Gasteiger partial charge in [0.1, 0.15) is 0 Å². The number of guanidine groups is 1. The van der Waals surface area contributed by atoms with Crippen LogP contribution >= 0.6 is 37.2 Å². The van der Waals surface area contributed by atoms with Crippen LogP contribution in [-0.2, 0) is 9.59 Å². The summed E-state index contributed by atoms with van der Waals surface area (Å²) >= 11 is 0. The third-order valence-electron chi connectivity index (χ3n) is 3.29. The second-order valence-electron chi connectivity index (χ2n) is 5.62. The highest BCUT2D eigenvalue weighted by Gasteiger charge is 2.16. The fourth-order valence-corrected chi connectivity index (χ4v) is 1.93. The predicted octanol–water partition coefficient (Wildman–Crippen LogP) is -1.04. The Kier molecular flexibility index (Phi) is 29.5. The minimum absolute atomic E-state index is 0. The molecular formula is C15H36Cl3N7O3. The van der Waals surface area contributed by atoms with Gasteiger partial charge in [-0.05, 0) is 51.7 Å². The van der Waals surface area contributed by atoms with E-state index in [1.807, 2.05) is 0 Å². The van der Waals surface area contributed by atoms with Crippen LogP contribution in [0.3, 0.4) is 0 Å². The predicted molar refractivity (Wildman–Crippen MR) is 119 cm³/mol. The Hall–Kier alpha value is -1.04. The number of amides is 2. The van der Waals surface area contributed by atoms with Crippen LogP contribution in [0.15, 0.2) is 4.99 Å². The van der Waals surface area contributed by atoms with Gasteiger partial charge in [-0.3, -0.25) is 14.6 Å². The molecule has 0 spiro atoms. The zero-order chi connectivity index (χ0) is 18.9. The number of nitrogens with zero attached hydrogens (tertiary/aromatic N) is 1. The molecule has 1 unspecified atom stereocenters. The first kappa shape index (κ1) is 34.5. The van der Waals surface area contributed by atoms with Gasteiger partial charge in [0, 0.05) is 19.5 Å². The zero-order valence-electron chi connectivity index (χ0n) is 16.0. The molecule has 28 heavy (non-hydrogen) atoms. The highest BCUT2D eigenvalue weighted by molar-refractivity contribution is 5.86. The van der Waals surface area contributed by atoms with Gasteiger partial charge in [-0.1, -0.05) is 0 Å². The maximum Gasteiger partial charge on any atom is 0.269 e. The van der Waals surface area contributed by atoms with Crippen LogP contribution in [0.2, 0.25) is 0 Å². The first-order valence-electron chi connectivity index (χ1n) is 8.68. The van der Waals surface area contributed by atoms with Crippen LogP contribution in [0.4, 0.5) is 0 Å². The topological polar surface area (TPSA) is 181 Å². The van der Waals surface area contributed by atoms with Crippen molar-refractivity contribution in [3.05, 3.63) is 0 Å². The van der Waals surface area contributed by atoms with Crippen LogP contribution in [0.25, 0.3) is 0 Å². The lowest BCUT2D eigenvalue weighted by molar-refractivity contribution is -0.136. The van der Waals surface area contributed by atoms with Crippen LogP contribution in [0.5, 0.6) is 0 Å². The van der Waals surface area contributed by atoms with E-state index in [2.05, 4.69) is 20.9 Å². The second-order valence-corrected chi connectivity index (χ2v) is 5.62. The summed E-state index contributed by atoms with van der Waals surface area (Å²) in [6.07, 6.45) is 2.50. The summed E-state index contributed by atoms with van der Waals surface area (Å²) in [7, 11) is 0. The lowest BCUT2D eigenvalue weighted by Crippen LogP contribution is -2.46. The smallest absolute Gasteiger partial charge is 0.269 e. The van der Waals surface area contributed by atoms with E-state index >= 15 is 0 Å². The molecule has 0 aliphatic carbocycles. The molecule has 10 nitrogen and oxygen atoms in total. The SMILES string of the molecule is Cl.Cl.Cl.NCCCNCCCCNC(=O)C(O)NC(=O)CCCCN=C(N)N. The number of carbonyl (C=O) groups excluding carboxylic acids is 2. The van der Waals surface area contributed by atoms with Crippen molar-refractivity contribution in [3.63, 3.8) is 0 Å². The third kappa shape index (κ3) is 23.0. The quantitative estimate of drug-likeness (QED) is 0.0693. The van der Waals surface area contributed by atoms with Crippen molar-refractivity contribution >= 4 is 55.0 Å². The fourth-order valence-electron chi connectivity index (χ4n) is 1.93. The molecule has 0 saturated heterocycles. The molecule has 0 aliphatic rings. The maximum atomic E-state index is 11.7.